The van der Waals surface area contributed by atoms with Crippen LogP contribution in [0.5, 0.6) is 0 Å². The highest BCUT2D eigenvalue weighted by atomic mass is 16.5. The van der Waals surface area contributed by atoms with E-state index in [0.29, 0.717) is 0 Å². The number of hydrogen-bond acceptors (Lipinski definition) is 3. The largest absolute Gasteiger partial charge is 0.467 e. The van der Waals surface area contributed by atoms with Crippen molar-refractivity contribution in [3.63, 3.8) is 0 Å². The number of aryl methyl sites for hydroxylation is 1. The van der Waals surface area contributed by atoms with E-state index in [4.69, 9.17) is 4.74 Å². The molecule has 1 aliphatic rings. The maximum atomic E-state index is 11.4. The summed E-state index contributed by atoms with van der Waals surface area (Å²) >= 11 is 0. The zero-order chi connectivity index (χ0) is 10.8. The third-order valence-corrected chi connectivity index (χ3v) is 2.92. The van der Waals surface area contributed by atoms with E-state index >= 15 is 0 Å². The highest BCUT2D eigenvalue weighted by Crippen LogP contribution is 2.29. The van der Waals surface area contributed by atoms with Gasteiger partial charge < -0.3 is 9.64 Å². The van der Waals surface area contributed by atoms with Gasteiger partial charge in [-0.1, -0.05) is 18.2 Å². The van der Waals surface area contributed by atoms with E-state index in [-0.39, 0.29) is 12.0 Å². The van der Waals surface area contributed by atoms with E-state index in [1.54, 1.807) is 0 Å². The van der Waals surface area contributed by atoms with E-state index in [1.807, 2.05) is 18.2 Å². The zero-order valence-electron chi connectivity index (χ0n) is 9.06. The summed E-state index contributed by atoms with van der Waals surface area (Å²) < 4.78 is 4.77. The number of nitrogens with zero attached hydrogens (tertiary/aromatic N) is 1. The van der Waals surface area contributed by atoms with Crippen molar-refractivity contribution < 1.29 is 9.53 Å². The van der Waals surface area contributed by atoms with Gasteiger partial charge in [-0.2, -0.15) is 0 Å². The molecule has 15 heavy (non-hydrogen) atoms. The van der Waals surface area contributed by atoms with Crippen LogP contribution in [0, 0.1) is 6.92 Å². The van der Waals surface area contributed by atoms with Crippen molar-refractivity contribution in [3.8, 4) is 0 Å². The Morgan fingerprint density at radius 2 is 2.20 bits per heavy atom. The molecule has 1 aromatic carbocycles. The molecule has 0 amide bonds. The van der Waals surface area contributed by atoms with Crippen molar-refractivity contribution in [1.82, 2.24) is 0 Å². The van der Waals surface area contributed by atoms with Gasteiger partial charge in [-0.15, -0.1) is 0 Å². The Kier molecular flexibility index (Phi) is 2.62. The number of hydrogen-bond donors (Lipinski definition) is 0. The van der Waals surface area contributed by atoms with Gasteiger partial charge in [-0.3, -0.25) is 0 Å². The number of benzene rings is 1. The second-order valence-corrected chi connectivity index (χ2v) is 3.81. The van der Waals surface area contributed by atoms with Gasteiger partial charge in [0.2, 0.25) is 0 Å². The first-order chi connectivity index (χ1) is 7.24. The summed E-state index contributed by atoms with van der Waals surface area (Å²) in [4.78, 5) is 13.5. The minimum Gasteiger partial charge on any atom is -0.467 e. The van der Waals surface area contributed by atoms with Gasteiger partial charge >= 0.3 is 5.97 Å². The summed E-state index contributed by atoms with van der Waals surface area (Å²) in [5, 5.41) is 0. The fourth-order valence-corrected chi connectivity index (χ4v) is 1.94. The monoisotopic (exact) mass is 205 g/mol. The van der Waals surface area contributed by atoms with Crippen LogP contribution in [0.1, 0.15) is 12.0 Å². The molecule has 1 aliphatic heterocycles. The van der Waals surface area contributed by atoms with E-state index in [0.717, 1.165) is 18.7 Å². The molecule has 1 heterocycles. The van der Waals surface area contributed by atoms with Crippen LogP contribution in [-0.4, -0.2) is 25.7 Å². The molecule has 80 valence electrons. The number of rotatable bonds is 2. The average Bonchev–Trinajstić information content (AvgIpc) is 2.19. The van der Waals surface area contributed by atoms with Gasteiger partial charge in [0.1, 0.15) is 6.04 Å². The molecule has 1 unspecified atom stereocenters. The number of methoxy groups -OCH3 is 1. The predicted octanol–water partition coefficient (Wildman–Crippen LogP) is 1.75. The normalized spacial score (nSPS) is 19.6. The van der Waals surface area contributed by atoms with Crippen LogP contribution in [0.2, 0.25) is 0 Å². The first-order valence-electron chi connectivity index (χ1n) is 5.14. The molecule has 0 bridgehead atoms. The molecule has 3 heteroatoms. The fourth-order valence-electron chi connectivity index (χ4n) is 1.94. The van der Waals surface area contributed by atoms with Gasteiger partial charge in [0.15, 0.2) is 0 Å². The first-order valence-corrected chi connectivity index (χ1v) is 5.14. The molecule has 0 aliphatic carbocycles. The summed E-state index contributed by atoms with van der Waals surface area (Å²) in [5.74, 6) is -0.135. The smallest absolute Gasteiger partial charge is 0.328 e. The third-order valence-electron chi connectivity index (χ3n) is 2.92. The summed E-state index contributed by atoms with van der Waals surface area (Å²) in [6.45, 7) is 2.99. The molecule has 1 fully saturated rings. The van der Waals surface area contributed by atoms with Crippen LogP contribution in [0.15, 0.2) is 24.3 Å². The molecule has 0 spiro atoms. The molecule has 1 atom stereocenters. The quantitative estimate of drug-likeness (QED) is 0.689. The highest BCUT2D eigenvalue weighted by molar-refractivity contribution is 5.82. The van der Waals surface area contributed by atoms with Crippen molar-refractivity contribution in [2.45, 2.75) is 19.4 Å². The Hall–Kier alpha value is -1.51. The SMILES string of the molecule is COC(=O)C1CCN1c1ccccc1C. The Morgan fingerprint density at radius 1 is 1.47 bits per heavy atom. The van der Waals surface area contributed by atoms with Crippen LogP contribution in [0.4, 0.5) is 5.69 Å². The highest BCUT2D eigenvalue weighted by Gasteiger charge is 2.35. The minimum atomic E-state index is -0.135. The van der Waals surface area contributed by atoms with Crippen LogP contribution in [-0.2, 0) is 9.53 Å². The van der Waals surface area contributed by atoms with E-state index in [9.17, 15) is 4.79 Å². The van der Waals surface area contributed by atoms with Crippen molar-refractivity contribution in [3.05, 3.63) is 29.8 Å². The molecule has 0 radical (unpaired) electrons. The maximum absolute atomic E-state index is 11.4. The standard InChI is InChI=1S/C12H15NO2/c1-9-5-3-4-6-10(9)13-8-7-11(13)12(14)15-2/h3-6,11H,7-8H2,1-2H3. The summed E-state index contributed by atoms with van der Waals surface area (Å²) in [6, 6.07) is 8.02. The Balaban J connectivity index is 2.19. The summed E-state index contributed by atoms with van der Waals surface area (Å²) in [6.07, 6.45) is 0.890. The molecule has 0 N–H and O–H groups in total. The van der Waals surface area contributed by atoms with Gasteiger partial charge in [0.25, 0.3) is 0 Å². The van der Waals surface area contributed by atoms with E-state index in [2.05, 4.69) is 17.9 Å². The Bertz CT molecular complexity index is 376. The lowest BCUT2D eigenvalue weighted by Gasteiger charge is -2.41. The van der Waals surface area contributed by atoms with Crippen molar-refractivity contribution in [2.24, 2.45) is 0 Å². The Morgan fingerprint density at radius 3 is 2.73 bits per heavy atom. The number of carbonyl (C=O) groups is 1. The van der Waals surface area contributed by atoms with Crippen molar-refractivity contribution in [2.75, 3.05) is 18.6 Å². The molecule has 0 aromatic heterocycles. The van der Waals surface area contributed by atoms with E-state index in [1.165, 1.54) is 12.7 Å². The van der Waals surface area contributed by atoms with Crippen molar-refractivity contribution >= 4 is 11.7 Å². The van der Waals surface area contributed by atoms with Crippen molar-refractivity contribution in [1.29, 1.82) is 0 Å². The Labute approximate surface area is 89.7 Å². The molecule has 0 saturated carbocycles. The number of ether oxygens (including phenoxy) is 1. The van der Waals surface area contributed by atoms with Gasteiger partial charge in [0.05, 0.1) is 7.11 Å². The maximum Gasteiger partial charge on any atom is 0.328 e. The third kappa shape index (κ3) is 1.69. The second kappa shape index (κ2) is 3.93. The van der Waals surface area contributed by atoms with Crippen LogP contribution in [0.25, 0.3) is 0 Å². The molecular formula is C12H15NO2. The molecule has 3 nitrogen and oxygen atoms in total. The number of anilines is 1. The van der Waals surface area contributed by atoms with E-state index < -0.39 is 0 Å². The number of carbonyl (C=O) groups excluding carboxylic acids is 1. The minimum absolute atomic E-state index is 0.0869. The summed E-state index contributed by atoms with van der Waals surface area (Å²) in [7, 11) is 1.44. The number of esters is 1. The molecule has 2 rings (SSSR count). The fraction of sp³-hybridized carbons (Fsp3) is 0.417. The van der Waals surface area contributed by atoms with Crippen LogP contribution in [0.3, 0.4) is 0 Å². The lowest BCUT2D eigenvalue weighted by molar-refractivity contribution is -0.143. The van der Waals surface area contributed by atoms with Gasteiger partial charge in [-0.25, -0.2) is 4.79 Å². The predicted molar refractivity (Wildman–Crippen MR) is 58.9 cm³/mol. The molecule has 1 saturated heterocycles. The first kappa shape index (κ1) is 10.0. The molecular weight excluding hydrogens is 190 g/mol. The lowest BCUT2D eigenvalue weighted by atomic mass is 10.0. The van der Waals surface area contributed by atoms with Crippen LogP contribution >= 0.6 is 0 Å². The van der Waals surface area contributed by atoms with Gasteiger partial charge in [-0.05, 0) is 25.0 Å². The lowest BCUT2D eigenvalue weighted by Crippen LogP contribution is -2.53. The van der Waals surface area contributed by atoms with Gasteiger partial charge in [0, 0.05) is 12.2 Å². The summed E-state index contributed by atoms with van der Waals surface area (Å²) in [5.41, 5.74) is 2.34. The molecule has 1 aromatic rings. The zero-order valence-corrected chi connectivity index (χ0v) is 9.06. The number of para-hydroxylation sites is 1. The second-order valence-electron chi connectivity index (χ2n) is 3.81. The average molecular weight is 205 g/mol. The van der Waals surface area contributed by atoms with Crippen LogP contribution < -0.4 is 4.90 Å². The topological polar surface area (TPSA) is 29.5 Å².